The van der Waals surface area contributed by atoms with Crippen LogP contribution in [-0.2, 0) is 0 Å². The molecule has 1 aliphatic heterocycles. The Bertz CT molecular complexity index is 1220. The highest BCUT2D eigenvalue weighted by Gasteiger charge is 2.63. The molecule has 0 amide bonds. The number of halogens is 7. The Labute approximate surface area is 195 Å². The predicted molar refractivity (Wildman–Crippen MR) is 118 cm³/mol. The van der Waals surface area contributed by atoms with E-state index in [9.17, 15) is 30.7 Å². The van der Waals surface area contributed by atoms with Crippen molar-refractivity contribution in [3.8, 4) is 11.1 Å². The van der Waals surface area contributed by atoms with Crippen molar-refractivity contribution >= 4 is 23.2 Å². The molecule has 34 heavy (non-hydrogen) atoms. The number of anilines is 1. The first kappa shape index (κ1) is 24.1. The minimum atomic E-state index is -5.86. The highest BCUT2D eigenvalue weighted by Crippen LogP contribution is 2.45. The maximum atomic E-state index is 14.5. The largest absolute Gasteiger partial charge is 0.459 e. The molecule has 1 aliphatic rings. The molecule has 0 aromatic heterocycles. The Hall–Kier alpha value is -3.01. The van der Waals surface area contributed by atoms with E-state index in [4.69, 9.17) is 0 Å². The molecule has 0 spiro atoms. The van der Waals surface area contributed by atoms with Crippen LogP contribution >= 0.6 is 11.8 Å². The number of nitrogens with zero attached hydrogens (tertiary/aromatic N) is 2. The number of hydrogen-bond donors (Lipinski definition) is 0. The van der Waals surface area contributed by atoms with E-state index in [1.165, 1.54) is 12.1 Å². The number of alkyl halides is 5. The molecule has 0 aliphatic carbocycles. The number of hydrogen-bond acceptors (Lipinski definition) is 3. The van der Waals surface area contributed by atoms with E-state index in [0.717, 1.165) is 33.2 Å². The van der Waals surface area contributed by atoms with Crippen LogP contribution in [0.4, 0.5) is 36.4 Å². The predicted octanol–water partition coefficient (Wildman–Crippen LogP) is 7.86. The summed E-state index contributed by atoms with van der Waals surface area (Å²) >= 11 is 1.55. The number of hydrazone groups is 1. The van der Waals surface area contributed by atoms with Gasteiger partial charge in [0.05, 0.1) is 11.7 Å². The summed E-state index contributed by atoms with van der Waals surface area (Å²) in [7, 11) is 0. The minimum Gasteiger partial charge on any atom is -0.257 e. The lowest BCUT2D eigenvalue weighted by Crippen LogP contribution is -2.43. The van der Waals surface area contributed by atoms with Crippen LogP contribution in [0.2, 0.25) is 0 Å². The zero-order valence-electron chi connectivity index (χ0n) is 17.6. The molecule has 0 saturated heterocycles. The summed E-state index contributed by atoms with van der Waals surface area (Å²) in [5, 5.41) is 4.49. The maximum absolute atomic E-state index is 14.5. The molecule has 2 nitrogen and oxygen atoms in total. The number of benzene rings is 3. The third-order valence-electron chi connectivity index (χ3n) is 5.49. The lowest BCUT2D eigenvalue weighted by atomic mass is 9.98. The molecule has 0 bridgehead atoms. The average Bonchev–Trinajstić information content (AvgIpc) is 3.24. The molecular formula is C24H17F7N2S. The zero-order valence-corrected chi connectivity index (χ0v) is 18.4. The fourth-order valence-electron chi connectivity index (χ4n) is 3.73. The summed E-state index contributed by atoms with van der Waals surface area (Å²) in [6.07, 6.45) is -4.82. The normalized spacial score (nSPS) is 16.6. The summed E-state index contributed by atoms with van der Waals surface area (Å²) in [5.74, 6) is -7.16. The van der Waals surface area contributed by atoms with E-state index >= 15 is 0 Å². The monoisotopic (exact) mass is 498 g/mol. The molecule has 0 radical (unpaired) electrons. The van der Waals surface area contributed by atoms with Crippen molar-refractivity contribution in [2.45, 2.75) is 29.5 Å². The van der Waals surface area contributed by atoms with Gasteiger partial charge in [-0.3, -0.25) is 5.01 Å². The topological polar surface area (TPSA) is 15.6 Å². The zero-order chi connectivity index (χ0) is 24.7. The van der Waals surface area contributed by atoms with Crippen LogP contribution in [-0.4, -0.2) is 24.1 Å². The lowest BCUT2D eigenvalue weighted by molar-refractivity contribution is -0.249. The highest BCUT2D eigenvalue weighted by atomic mass is 32.2. The molecule has 0 fully saturated rings. The summed E-state index contributed by atoms with van der Waals surface area (Å²) in [5.41, 5.74) is 0.175. The van der Waals surface area contributed by atoms with E-state index in [1.54, 1.807) is 23.9 Å². The van der Waals surface area contributed by atoms with Gasteiger partial charge >= 0.3 is 12.1 Å². The van der Waals surface area contributed by atoms with Crippen molar-refractivity contribution in [2.24, 2.45) is 5.10 Å². The van der Waals surface area contributed by atoms with Gasteiger partial charge < -0.3 is 0 Å². The first-order valence-corrected chi connectivity index (χ1v) is 11.2. The van der Waals surface area contributed by atoms with Gasteiger partial charge in [0.15, 0.2) is 0 Å². The lowest BCUT2D eigenvalue weighted by Gasteiger charge is -2.24. The average molecular weight is 498 g/mol. The number of rotatable bonds is 5. The molecule has 1 heterocycles. The van der Waals surface area contributed by atoms with Gasteiger partial charge in [-0.05, 0) is 47.7 Å². The van der Waals surface area contributed by atoms with Crippen LogP contribution in [0.1, 0.15) is 18.0 Å². The summed E-state index contributed by atoms with van der Waals surface area (Å²) < 4.78 is 95.1. The van der Waals surface area contributed by atoms with Gasteiger partial charge in [0.25, 0.3) is 0 Å². The third kappa shape index (κ3) is 4.51. The van der Waals surface area contributed by atoms with Gasteiger partial charge in [0.2, 0.25) is 0 Å². The van der Waals surface area contributed by atoms with Crippen molar-refractivity contribution < 1.29 is 30.7 Å². The Morgan fingerprint density at radius 1 is 0.882 bits per heavy atom. The van der Waals surface area contributed by atoms with Crippen LogP contribution in [0, 0.1) is 11.6 Å². The minimum absolute atomic E-state index is 0.187. The quantitative estimate of drug-likeness (QED) is 0.263. The van der Waals surface area contributed by atoms with E-state index in [2.05, 4.69) is 5.10 Å². The van der Waals surface area contributed by atoms with E-state index in [1.807, 2.05) is 30.5 Å². The molecule has 3 aromatic rings. The van der Waals surface area contributed by atoms with Gasteiger partial charge in [-0.1, -0.05) is 30.3 Å². The van der Waals surface area contributed by atoms with Crippen molar-refractivity contribution in [3.63, 3.8) is 0 Å². The van der Waals surface area contributed by atoms with Crippen LogP contribution in [0.3, 0.4) is 0 Å². The van der Waals surface area contributed by atoms with E-state index in [0.29, 0.717) is 6.07 Å². The molecule has 1 unspecified atom stereocenters. The summed E-state index contributed by atoms with van der Waals surface area (Å²) in [6.45, 7) is 0. The molecule has 178 valence electrons. The van der Waals surface area contributed by atoms with Crippen molar-refractivity contribution in [1.29, 1.82) is 0 Å². The first-order chi connectivity index (χ1) is 16.0. The fraction of sp³-hybridized carbons (Fsp3) is 0.208. The molecule has 1 atom stereocenters. The first-order valence-electron chi connectivity index (χ1n) is 10.0. The molecular weight excluding hydrogens is 481 g/mol. The van der Waals surface area contributed by atoms with Crippen LogP contribution in [0.25, 0.3) is 11.1 Å². The van der Waals surface area contributed by atoms with Gasteiger partial charge in [-0.2, -0.15) is 27.1 Å². The molecule has 0 N–H and O–H groups in total. The smallest absolute Gasteiger partial charge is 0.257 e. The molecule has 3 aromatic carbocycles. The van der Waals surface area contributed by atoms with Crippen molar-refractivity contribution in [2.75, 3.05) is 11.3 Å². The summed E-state index contributed by atoms with van der Waals surface area (Å²) in [6, 6.07) is 15.2. The summed E-state index contributed by atoms with van der Waals surface area (Å²) in [4.78, 5) is 1.02. The molecule has 4 rings (SSSR count). The second-order valence-corrected chi connectivity index (χ2v) is 8.51. The maximum Gasteiger partial charge on any atom is 0.459 e. The van der Waals surface area contributed by atoms with Crippen LogP contribution in [0.5, 0.6) is 0 Å². The van der Waals surface area contributed by atoms with E-state index < -0.39 is 41.9 Å². The molecule has 0 saturated carbocycles. The Kier molecular flexibility index (Phi) is 6.37. The SMILES string of the molecule is CSc1cccc(-c2ccc(N3N=C(C(F)(F)C(F)(F)F)CC3c3ccc(F)cc3F)cc2)c1. The molecule has 10 heteroatoms. The van der Waals surface area contributed by atoms with Gasteiger partial charge in [0, 0.05) is 22.9 Å². The Balaban J connectivity index is 1.74. The highest BCUT2D eigenvalue weighted by molar-refractivity contribution is 7.98. The van der Waals surface area contributed by atoms with Gasteiger partial charge in [-0.25, -0.2) is 8.78 Å². The second-order valence-electron chi connectivity index (χ2n) is 7.63. The van der Waals surface area contributed by atoms with Crippen LogP contribution < -0.4 is 5.01 Å². The van der Waals surface area contributed by atoms with Crippen molar-refractivity contribution in [3.05, 3.63) is 83.9 Å². The fourth-order valence-corrected chi connectivity index (χ4v) is 4.18. The second kappa shape index (κ2) is 8.98. The van der Waals surface area contributed by atoms with Crippen molar-refractivity contribution in [1.82, 2.24) is 0 Å². The van der Waals surface area contributed by atoms with E-state index in [-0.39, 0.29) is 11.3 Å². The standard InChI is InChI=1S/C24H17F7N2S/c1-34-18-4-2-3-15(11-18)14-5-8-17(9-6-14)33-21(19-10-7-16(25)12-20(19)26)13-22(32-33)23(27,28)24(29,30)31/h2-12,21H,13H2,1H3. The van der Waals surface area contributed by atoms with Gasteiger partial charge in [0.1, 0.15) is 17.3 Å². The Morgan fingerprint density at radius 3 is 2.21 bits per heavy atom. The number of thioether (sulfide) groups is 1. The third-order valence-corrected chi connectivity index (χ3v) is 6.21. The Morgan fingerprint density at radius 2 is 1.59 bits per heavy atom. The van der Waals surface area contributed by atoms with Gasteiger partial charge in [-0.15, -0.1) is 11.8 Å². The van der Waals surface area contributed by atoms with Crippen LogP contribution in [0.15, 0.2) is 76.7 Å².